The Morgan fingerprint density at radius 3 is 2.67 bits per heavy atom. The summed E-state index contributed by atoms with van der Waals surface area (Å²) in [5, 5.41) is 18.1. The van der Waals surface area contributed by atoms with Crippen LogP contribution in [0.4, 0.5) is 0 Å². The third-order valence-corrected chi connectivity index (χ3v) is 8.91. The van der Waals surface area contributed by atoms with Gasteiger partial charge in [-0.05, 0) is 74.3 Å². The Bertz CT molecular complexity index is 1150. The molecule has 36 heavy (non-hydrogen) atoms. The van der Waals surface area contributed by atoms with Gasteiger partial charge in [0, 0.05) is 25.9 Å². The minimum atomic E-state index is -3.22. The van der Waals surface area contributed by atoms with Gasteiger partial charge in [-0.15, -0.1) is 15.9 Å². The van der Waals surface area contributed by atoms with Gasteiger partial charge in [0.1, 0.15) is 16.7 Å². The van der Waals surface area contributed by atoms with E-state index in [2.05, 4.69) is 35.4 Å². The number of aliphatic hydroxyl groups excluding tert-OH is 1. The highest BCUT2D eigenvalue weighted by Gasteiger charge is 2.34. The van der Waals surface area contributed by atoms with Crippen LogP contribution >= 0.6 is 10.8 Å². The number of nitrogens with zero attached hydrogens (tertiary/aromatic N) is 4. The third-order valence-electron chi connectivity index (χ3n) is 6.99. The van der Waals surface area contributed by atoms with E-state index in [1.165, 1.54) is 0 Å². The molecule has 1 aromatic heterocycles. The summed E-state index contributed by atoms with van der Waals surface area (Å²) in [6, 6.07) is 13.6. The molecule has 0 saturated carbocycles. The van der Waals surface area contributed by atoms with Gasteiger partial charge in [0.2, 0.25) is 0 Å². The van der Waals surface area contributed by atoms with Crippen LogP contribution < -0.4 is 4.74 Å². The molecule has 1 aliphatic heterocycles. The van der Waals surface area contributed by atoms with Crippen LogP contribution in [0.25, 0.3) is 0 Å². The Hall–Kier alpha value is -2.43. The van der Waals surface area contributed by atoms with E-state index in [0.29, 0.717) is 30.2 Å². The average Bonchev–Trinajstić information content (AvgIpc) is 3.31. The van der Waals surface area contributed by atoms with E-state index in [1.54, 1.807) is 16.4 Å². The number of ether oxygens (including phenoxy) is 1. The average molecular weight is 515 g/mol. The van der Waals surface area contributed by atoms with Crippen molar-refractivity contribution in [1.82, 2.24) is 19.3 Å². The van der Waals surface area contributed by atoms with Crippen molar-refractivity contribution in [3.63, 3.8) is 0 Å². The summed E-state index contributed by atoms with van der Waals surface area (Å²) in [4.78, 5) is 0.438. The molecule has 3 aromatic rings. The van der Waals surface area contributed by atoms with Crippen LogP contribution in [0.15, 0.2) is 53.6 Å². The van der Waals surface area contributed by atoms with Crippen molar-refractivity contribution in [2.45, 2.75) is 76.5 Å². The Balaban J connectivity index is 1.58. The van der Waals surface area contributed by atoms with E-state index in [-0.39, 0.29) is 18.6 Å². The van der Waals surface area contributed by atoms with Crippen molar-refractivity contribution in [2.75, 3.05) is 13.2 Å². The highest BCUT2D eigenvalue weighted by molar-refractivity contribution is 8.22. The number of aromatic nitrogens is 3. The van der Waals surface area contributed by atoms with Crippen molar-refractivity contribution in [2.24, 2.45) is 0 Å². The standard InChI is InChI=1S/C27H38N4O4S/c1-4-25-19-31(36(33,34)27-9-7-6-8-26(27)35-25)17-23-16-22(11-10-20(23)3)21(14-15-32)12-13-24-18-30(5-2)29-28-24/h6-11,16,18,21,25,32-34H,4-5,12-15,17,19H2,1-3H3. The number of aliphatic hydroxyl groups is 1. The van der Waals surface area contributed by atoms with Crippen molar-refractivity contribution in [1.29, 1.82) is 0 Å². The van der Waals surface area contributed by atoms with Gasteiger partial charge in [-0.2, -0.15) is 4.31 Å². The second-order valence-corrected chi connectivity index (χ2v) is 11.4. The lowest BCUT2D eigenvalue weighted by molar-refractivity contribution is 0.165. The van der Waals surface area contributed by atoms with Crippen molar-refractivity contribution >= 4 is 10.8 Å². The molecule has 3 N–H and O–H groups in total. The van der Waals surface area contributed by atoms with Gasteiger partial charge in [-0.25, -0.2) is 0 Å². The predicted octanol–water partition coefficient (Wildman–Crippen LogP) is 5.40. The lowest BCUT2D eigenvalue weighted by Crippen LogP contribution is -2.34. The fourth-order valence-corrected chi connectivity index (χ4v) is 6.32. The van der Waals surface area contributed by atoms with Gasteiger partial charge < -0.3 is 9.84 Å². The summed E-state index contributed by atoms with van der Waals surface area (Å²) in [6.07, 6.45) is 4.89. The quantitative estimate of drug-likeness (QED) is 0.333. The molecule has 0 aliphatic carbocycles. The highest BCUT2D eigenvalue weighted by atomic mass is 32.3. The first-order chi connectivity index (χ1) is 17.3. The first-order valence-corrected chi connectivity index (χ1v) is 14.2. The van der Waals surface area contributed by atoms with Gasteiger partial charge in [0.25, 0.3) is 0 Å². The molecule has 2 atom stereocenters. The van der Waals surface area contributed by atoms with Crippen molar-refractivity contribution in [3.8, 4) is 5.75 Å². The normalized spacial score (nSPS) is 19.2. The van der Waals surface area contributed by atoms with Gasteiger partial charge in [0.15, 0.2) is 0 Å². The van der Waals surface area contributed by atoms with E-state index in [4.69, 9.17) is 4.74 Å². The molecule has 0 radical (unpaired) electrons. The molecule has 9 heteroatoms. The zero-order valence-corrected chi connectivity index (χ0v) is 22.2. The van der Waals surface area contributed by atoms with Crippen LogP contribution in [-0.2, 0) is 19.5 Å². The van der Waals surface area contributed by atoms with Crippen LogP contribution in [0.2, 0.25) is 0 Å². The number of hydrogen-bond donors (Lipinski definition) is 3. The van der Waals surface area contributed by atoms with Crippen LogP contribution in [0.5, 0.6) is 5.75 Å². The van der Waals surface area contributed by atoms with Crippen molar-refractivity contribution < 1.29 is 18.9 Å². The molecule has 0 bridgehead atoms. The number of aryl methyl sites for hydroxylation is 3. The summed E-state index contributed by atoms with van der Waals surface area (Å²) < 4.78 is 32.5. The smallest absolute Gasteiger partial charge is 0.144 e. The van der Waals surface area contributed by atoms with Gasteiger partial charge in [-0.1, -0.05) is 42.5 Å². The summed E-state index contributed by atoms with van der Waals surface area (Å²) >= 11 is 0. The van der Waals surface area contributed by atoms with E-state index < -0.39 is 10.8 Å². The minimum absolute atomic E-state index is 0.106. The zero-order valence-electron chi connectivity index (χ0n) is 21.4. The Morgan fingerprint density at radius 1 is 1.14 bits per heavy atom. The second-order valence-electron chi connectivity index (χ2n) is 9.44. The first-order valence-electron chi connectivity index (χ1n) is 12.7. The summed E-state index contributed by atoms with van der Waals surface area (Å²) in [6.45, 7) is 7.85. The maximum absolute atomic E-state index is 11.4. The SMILES string of the molecule is CCC1CN(Cc2cc(C(CCO)CCc3cn(CC)nn3)ccc2C)S(O)(O)c2ccccc2O1. The molecule has 196 valence electrons. The van der Waals surface area contributed by atoms with Crippen LogP contribution in [0.1, 0.15) is 61.4 Å². The molecular weight excluding hydrogens is 476 g/mol. The summed E-state index contributed by atoms with van der Waals surface area (Å²) in [5.41, 5.74) is 4.23. The lowest BCUT2D eigenvalue weighted by Gasteiger charge is -2.42. The number of para-hydroxylation sites is 1. The second kappa shape index (κ2) is 11.7. The van der Waals surface area contributed by atoms with Crippen LogP contribution in [0, 0.1) is 6.92 Å². The predicted molar refractivity (Wildman–Crippen MR) is 142 cm³/mol. The Morgan fingerprint density at radius 2 is 1.94 bits per heavy atom. The lowest BCUT2D eigenvalue weighted by atomic mass is 9.89. The zero-order chi connectivity index (χ0) is 25.7. The number of hydrogen-bond acceptors (Lipinski definition) is 7. The summed E-state index contributed by atoms with van der Waals surface area (Å²) in [5.74, 6) is 0.707. The van der Waals surface area contributed by atoms with E-state index in [1.807, 2.05) is 36.9 Å². The van der Waals surface area contributed by atoms with Gasteiger partial charge in [0.05, 0.1) is 12.2 Å². The molecule has 8 nitrogen and oxygen atoms in total. The highest BCUT2D eigenvalue weighted by Crippen LogP contribution is 2.57. The Labute approximate surface area is 215 Å². The van der Waals surface area contributed by atoms with Gasteiger partial charge >= 0.3 is 0 Å². The molecule has 0 fully saturated rings. The van der Waals surface area contributed by atoms with Crippen LogP contribution in [0.3, 0.4) is 0 Å². The molecule has 0 spiro atoms. The topological polar surface area (TPSA) is 104 Å². The third kappa shape index (κ3) is 5.92. The first kappa shape index (κ1) is 26.6. The minimum Gasteiger partial charge on any atom is -0.487 e. The van der Waals surface area contributed by atoms with E-state index in [9.17, 15) is 14.2 Å². The maximum Gasteiger partial charge on any atom is 0.144 e. The fourth-order valence-electron chi connectivity index (χ4n) is 4.70. The van der Waals surface area contributed by atoms with Gasteiger partial charge in [-0.3, -0.25) is 13.8 Å². The van der Waals surface area contributed by atoms with Crippen LogP contribution in [-0.4, -0.2) is 52.8 Å². The molecule has 0 amide bonds. The maximum atomic E-state index is 11.4. The molecule has 2 aromatic carbocycles. The largest absolute Gasteiger partial charge is 0.487 e. The molecule has 1 aliphatic rings. The number of rotatable bonds is 10. The molecule has 2 unspecified atom stereocenters. The number of benzene rings is 2. The Kier molecular flexibility index (Phi) is 8.69. The molecule has 2 heterocycles. The number of fused-ring (bicyclic) bond motifs is 1. The molecule has 0 saturated heterocycles. The van der Waals surface area contributed by atoms with Crippen molar-refractivity contribution in [3.05, 3.63) is 71.0 Å². The van der Waals surface area contributed by atoms with E-state index in [0.717, 1.165) is 48.2 Å². The molecule has 4 rings (SSSR count). The fraction of sp³-hybridized carbons (Fsp3) is 0.481. The van der Waals surface area contributed by atoms with E-state index >= 15 is 0 Å². The summed E-state index contributed by atoms with van der Waals surface area (Å²) in [7, 11) is -3.22. The monoisotopic (exact) mass is 514 g/mol. The molecular formula is C27H38N4O4S.